The number of imidazole rings is 1. The summed E-state index contributed by atoms with van der Waals surface area (Å²) in [5.41, 5.74) is 3.32. The predicted molar refractivity (Wildman–Crippen MR) is 100 cm³/mol. The van der Waals surface area contributed by atoms with Gasteiger partial charge >= 0.3 is 0 Å². The highest BCUT2D eigenvalue weighted by molar-refractivity contribution is 5.50. The van der Waals surface area contributed by atoms with Gasteiger partial charge in [0.15, 0.2) is 5.82 Å². The van der Waals surface area contributed by atoms with Crippen LogP contribution in [0.15, 0.2) is 53.3 Å². The fraction of sp³-hybridized carbons (Fsp3) is 0.333. The molecule has 0 saturated heterocycles. The molecule has 0 atom stereocenters. The van der Waals surface area contributed by atoms with Crippen LogP contribution < -0.4 is 10.5 Å². The number of likely N-dealkylation sites (N-methyl/N-ethyl adjacent to an activating group) is 1. The molecule has 138 valence electrons. The second-order valence-electron chi connectivity index (χ2n) is 7.05. The summed E-state index contributed by atoms with van der Waals surface area (Å²) in [6, 6.07) is 1.86. The zero-order valence-electron chi connectivity index (χ0n) is 15.0. The molecule has 0 aliphatic carbocycles. The lowest BCUT2D eigenvalue weighted by Crippen LogP contribution is -2.28. The minimum absolute atomic E-state index is 0.182. The lowest BCUT2D eigenvalue weighted by atomic mass is 10.0. The van der Waals surface area contributed by atoms with E-state index in [0.717, 1.165) is 38.4 Å². The molecule has 0 fully saturated rings. The summed E-state index contributed by atoms with van der Waals surface area (Å²) in [6.45, 7) is 3.92. The molecular weight excluding hydrogens is 344 g/mol. The van der Waals surface area contributed by atoms with Gasteiger partial charge in [-0.1, -0.05) is 0 Å². The number of anilines is 1. The SMILES string of the molecule is CN1CCC2=C(C1)CN(c1cc(-n3[nH]cc(-n4ccnc4)c3=O)ncn1)C2. The Balaban J connectivity index is 1.43. The lowest BCUT2D eigenvalue weighted by molar-refractivity contribution is 0.350. The van der Waals surface area contributed by atoms with E-state index >= 15 is 0 Å². The van der Waals surface area contributed by atoms with Gasteiger partial charge in [-0.25, -0.2) is 15.0 Å². The molecule has 5 heterocycles. The Morgan fingerprint density at radius 1 is 1.11 bits per heavy atom. The van der Waals surface area contributed by atoms with E-state index in [1.54, 1.807) is 29.5 Å². The van der Waals surface area contributed by atoms with Crippen molar-refractivity contribution in [3.8, 4) is 11.5 Å². The topological polar surface area (TPSA) is 87.9 Å². The van der Waals surface area contributed by atoms with Crippen LogP contribution in [0, 0.1) is 0 Å². The molecule has 27 heavy (non-hydrogen) atoms. The predicted octanol–water partition coefficient (Wildman–Crippen LogP) is 0.593. The van der Waals surface area contributed by atoms with E-state index in [0.29, 0.717) is 11.5 Å². The maximum Gasteiger partial charge on any atom is 0.296 e. The van der Waals surface area contributed by atoms with E-state index in [1.165, 1.54) is 22.2 Å². The van der Waals surface area contributed by atoms with Gasteiger partial charge in [0.05, 0.1) is 6.33 Å². The number of H-pyrrole nitrogens is 1. The molecule has 3 aromatic rings. The number of hydrogen-bond donors (Lipinski definition) is 1. The fourth-order valence-corrected chi connectivity index (χ4v) is 3.80. The van der Waals surface area contributed by atoms with Gasteiger partial charge in [0.1, 0.15) is 17.8 Å². The number of aromatic amines is 1. The highest BCUT2D eigenvalue weighted by Gasteiger charge is 2.27. The summed E-state index contributed by atoms with van der Waals surface area (Å²) in [7, 11) is 2.16. The van der Waals surface area contributed by atoms with Crippen molar-refractivity contribution in [1.29, 1.82) is 0 Å². The molecule has 2 aliphatic rings. The molecule has 0 bridgehead atoms. The molecule has 3 aromatic heterocycles. The molecule has 9 heteroatoms. The maximum absolute atomic E-state index is 12.7. The molecule has 0 saturated carbocycles. The van der Waals surface area contributed by atoms with Crippen LogP contribution in [0.2, 0.25) is 0 Å². The van der Waals surface area contributed by atoms with E-state index < -0.39 is 0 Å². The smallest absolute Gasteiger partial charge is 0.296 e. The van der Waals surface area contributed by atoms with Gasteiger partial charge in [-0.3, -0.25) is 14.5 Å². The molecule has 0 aromatic carbocycles. The average Bonchev–Trinajstić information content (AvgIpc) is 3.40. The molecular formula is C18H20N8O. The number of aromatic nitrogens is 6. The van der Waals surface area contributed by atoms with Gasteiger partial charge in [-0.15, -0.1) is 0 Å². The highest BCUT2D eigenvalue weighted by Crippen LogP contribution is 2.28. The Labute approximate surface area is 155 Å². The quantitative estimate of drug-likeness (QED) is 0.685. The van der Waals surface area contributed by atoms with Gasteiger partial charge in [-0.05, 0) is 24.6 Å². The van der Waals surface area contributed by atoms with E-state index in [9.17, 15) is 4.79 Å². The highest BCUT2D eigenvalue weighted by atomic mass is 16.1. The van der Waals surface area contributed by atoms with Crippen LogP contribution in [0.5, 0.6) is 0 Å². The number of nitrogens with zero attached hydrogens (tertiary/aromatic N) is 7. The van der Waals surface area contributed by atoms with Crippen molar-refractivity contribution in [1.82, 2.24) is 34.2 Å². The van der Waals surface area contributed by atoms with Crippen LogP contribution in [0.3, 0.4) is 0 Å². The van der Waals surface area contributed by atoms with Crippen molar-refractivity contribution in [2.75, 3.05) is 38.1 Å². The Morgan fingerprint density at radius 2 is 1.96 bits per heavy atom. The van der Waals surface area contributed by atoms with Gasteiger partial charge < -0.3 is 9.80 Å². The normalized spacial score (nSPS) is 17.6. The average molecular weight is 364 g/mol. The summed E-state index contributed by atoms with van der Waals surface area (Å²) in [5.74, 6) is 1.36. The second kappa shape index (κ2) is 6.20. The molecule has 5 rings (SSSR count). The summed E-state index contributed by atoms with van der Waals surface area (Å²) in [5, 5.41) is 2.98. The van der Waals surface area contributed by atoms with Gasteiger partial charge in [0, 0.05) is 50.8 Å². The first-order valence-electron chi connectivity index (χ1n) is 8.93. The van der Waals surface area contributed by atoms with Crippen LogP contribution >= 0.6 is 0 Å². The van der Waals surface area contributed by atoms with E-state index in [-0.39, 0.29) is 5.56 Å². The van der Waals surface area contributed by atoms with E-state index in [2.05, 4.69) is 36.9 Å². The summed E-state index contributed by atoms with van der Waals surface area (Å²) < 4.78 is 3.10. The van der Waals surface area contributed by atoms with Gasteiger partial charge in [0.2, 0.25) is 0 Å². The number of hydrogen-bond acceptors (Lipinski definition) is 6. The van der Waals surface area contributed by atoms with Crippen LogP contribution in [0.4, 0.5) is 5.82 Å². The maximum atomic E-state index is 12.7. The first-order valence-corrected chi connectivity index (χ1v) is 8.93. The van der Waals surface area contributed by atoms with Crippen LogP contribution in [-0.2, 0) is 0 Å². The van der Waals surface area contributed by atoms with Crippen molar-refractivity contribution in [2.45, 2.75) is 6.42 Å². The van der Waals surface area contributed by atoms with Crippen molar-refractivity contribution < 1.29 is 0 Å². The third-order valence-corrected chi connectivity index (χ3v) is 5.25. The first kappa shape index (κ1) is 16.0. The monoisotopic (exact) mass is 364 g/mol. The summed E-state index contributed by atoms with van der Waals surface area (Å²) >= 11 is 0. The largest absolute Gasteiger partial charge is 0.348 e. The number of rotatable bonds is 3. The Hall–Kier alpha value is -3.20. The minimum atomic E-state index is -0.182. The molecule has 0 spiro atoms. The Morgan fingerprint density at radius 3 is 2.81 bits per heavy atom. The standard InChI is InChI=1S/C18H20N8O/c1-23-4-2-13-9-25(10-14(13)8-23)16-6-17(21-11-20-16)26-18(27)15(7-22-26)24-5-3-19-12-24/h3,5-7,11-12,22H,2,4,8-10H2,1H3. The number of nitrogens with one attached hydrogen (secondary N) is 1. The minimum Gasteiger partial charge on any atom is -0.348 e. The molecule has 0 amide bonds. The van der Waals surface area contributed by atoms with Gasteiger partial charge in [-0.2, -0.15) is 4.68 Å². The lowest BCUT2D eigenvalue weighted by Gasteiger charge is -2.23. The Kier molecular flexibility index (Phi) is 3.68. The molecule has 1 N–H and O–H groups in total. The van der Waals surface area contributed by atoms with Crippen molar-refractivity contribution in [3.05, 3.63) is 58.8 Å². The van der Waals surface area contributed by atoms with Gasteiger partial charge in [0.25, 0.3) is 5.56 Å². The van der Waals surface area contributed by atoms with E-state index in [1.807, 2.05) is 6.07 Å². The Bertz CT molecular complexity index is 1060. The second-order valence-corrected chi connectivity index (χ2v) is 7.05. The first-order chi connectivity index (χ1) is 13.2. The third-order valence-electron chi connectivity index (χ3n) is 5.25. The fourth-order valence-electron chi connectivity index (χ4n) is 3.80. The van der Waals surface area contributed by atoms with Crippen molar-refractivity contribution in [3.63, 3.8) is 0 Å². The van der Waals surface area contributed by atoms with Crippen LogP contribution in [-0.4, -0.2) is 67.4 Å². The zero-order valence-corrected chi connectivity index (χ0v) is 15.0. The molecule has 2 aliphatic heterocycles. The van der Waals surface area contributed by atoms with Crippen molar-refractivity contribution in [2.24, 2.45) is 0 Å². The van der Waals surface area contributed by atoms with Crippen molar-refractivity contribution >= 4 is 5.82 Å². The zero-order chi connectivity index (χ0) is 18.4. The third kappa shape index (κ3) is 2.76. The molecule has 0 unspecified atom stereocenters. The molecule has 9 nitrogen and oxygen atoms in total. The van der Waals surface area contributed by atoms with Crippen LogP contribution in [0.1, 0.15) is 6.42 Å². The van der Waals surface area contributed by atoms with Crippen LogP contribution in [0.25, 0.3) is 11.5 Å². The summed E-state index contributed by atoms with van der Waals surface area (Å²) in [6.07, 6.45) is 9.25. The molecule has 0 radical (unpaired) electrons. The van der Waals surface area contributed by atoms with E-state index in [4.69, 9.17) is 0 Å². The summed E-state index contributed by atoms with van der Waals surface area (Å²) in [4.78, 5) is 30.1.